The van der Waals surface area contributed by atoms with Gasteiger partial charge in [0.05, 0.1) is 42.4 Å². The minimum Gasteiger partial charge on any atom is -0.445 e. The first kappa shape index (κ1) is 80.7. The highest BCUT2D eigenvalue weighted by Gasteiger charge is 2.46. The minimum atomic E-state index is -0.870. The second-order valence-electron chi connectivity index (χ2n) is 32.9. The van der Waals surface area contributed by atoms with Crippen LogP contribution >= 0.6 is 35.3 Å². The van der Waals surface area contributed by atoms with Crippen molar-refractivity contribution in [1.82, 2.24) is 41.3 Å². The minimum absolute atomic E-state index is 0.0224. The van der Waals surface area contributed by atoms with Gasteiger partial charge in [-0.3, -0.25) is 29.1 Å². The number of nitrogens with two attached hydrogens (primary N) is 1. The molecule has 5 amide bonds. The van der Waals surface area contributed by atoms with Crippen LogP contribution in [-0.4, -0.2) is 183 Å². The van der Waals surface area contributed by atoms with Crippen molar-refractivity contribution < 1.29 is 43.7 Å². The molecule has 7 fully saturated rings. The van der Waals surface area contributed by atoms with E-state index < -0.39 is 24.3 Å². The number of fused-ring (bicyclic) bond motifs is 3. The highest BCUT2D eigenvalue weighted by Crippen LogP contribution is 2.42. The molecule has 102 heavy (non-hydrogen) atoms. The van der Waals surface area contributed by atoms with E-state index in [1.54, 1.807) is 35.3 Å². The van der Waals surface area contributed by atoms with E-state index in [9.17, 15) is 34.2 Å². The van der Waals surface area contributed by atoms with Gasteiger partial charge in [0.1, 0.15) is 12.7 Å². The number of nitrogens with zero attached hydrogens (tertiary/aromatic N) is 3. The molecule has 18 nitrogen and oxygen atoms in total. The fourth-order valence-electron chi connectivity index (χ4n) is 16.1. The Balaban J connectivity index is 0.000000180. The van der Waals surface area contributed by atoms with E-state index >= 15 is 0 Å². The highest BCUT2D eigenvalue weighted by molar-refractivity contribution is 7.99. The monoisotopic (exact) mass is 1460 g/mol. The second-order valence-corrected chi connectivity index (χ2v) is 36.2. The number of benzene rings is 4. The summed E-state index contributed by atoms with van der Waals surface area (Å²) in [4.78, 5) is 74.8. The number of nitrogens with one attached hydrogen (secondary N) is 5. The number of rotatable bonds is 23. The van der Waals surface area contributed by atoms with E-state index in [0.717, 1.165) is 60.0 Å². The average Bonchev–Trinajstić information content (AvgIpc) is 0.847. The quantitative estimate of drug-likeness (QED) is 0.0322. The molecule has 4 heterocycles. The first-order valence-electron chi connectivity index (χ1n) is 38.0. The van der Waals surface area contributed by atoms with Crippen molar-refractivity contribution in [1.29, 1.82) is 0 Å². The average molecular weight is 1460 g/mol. The molecule has 0 bridgehead atoms. The second kappa shape index (κ2) is 38.8. The topological polar surface area (TPSA) is 240 Å². The van der Waals surface area contributed by atoms with Crippen LogP contribution in [0, 0.1) is 35.5 Å². The number of cyclic esters (lactones) is 1. The number of hydrogen-bond donors (Lipinski definition) is 8. The Morgan fingerprint density at radius 3 is 1.33 bits per heavy atom. The Kier molecular flexibility index (Phi) is 30.7. The third-order valence-corrected chi connectivity index (χ3v) is 24.6. The molecule has 0 spiro atoms. The number of β-amino-alcohol motifs (C(OH)–C–C–N with tert-alkyl or cyclic N) is 2. The molecule has 0 aromatic heterocycles. The zero-order valence-corrected chi connectivity index (χ0v) is 64.7. The third kappa shape index (κ3) is 26.0. The van der Waals surface area contributed by atoms with Crippen molar-refractivity contribution >= 4 is 65.2 Å². The van der Waals surface area contributed by atoms with Gasteiger partial charge in [-0.1, -0.05) is 143 Å². The predicted molar refractivity (Wildman–Crippen MR) is 412 cm³/mol. The summed E-state index contributed by atoms with van der Waals surface area (Å²) >= 11 is 4.98. The molecule has 0 radical (unpaired) electrons. The molecule has 4 saturated heterocycles. The highest BCUT2D eigenvalue weighted by atomic mass is 32.2. The maximum absolute atomic E-state index is 13.4. The number of aliphatic hydroxyl groups is 2. The Bertz CT molecular complexity index is 3220. The molecule has 4 aliphatic heterocycles. The lowest BCUT2D eigenvalue weighted by atomic mass is 9.72. The number of carbonyl (C=O) groups excluding carboxylic acids is 5. The molecular formula is C81H121N9O9S3. The standard InChI is InChI=1S/C32H45N3O4S.C25H37N3O3S.C24H39N3O2S/c1-32(2,3)34-30(37)28-18-24-14-10-11-15-25(24)19-35(28)20-29(36)27(22-40-26-16-8-5-9-17-26)33-31(38)39-21-23-12-6-4-7-13-23;1-25(2,3)27-23(29)21-13-17-9-7-8-10-18(17)14-28(21)15-22-20(26-24(30)31-22)16-32-19-11-5-4-6-12-19;1-24(2,3)26-23(29)21-13-17-9-7-8-10-18(17)14-27(21)15-22(28)20(25)16-30-19-11-5-4-6-12-19/h4-9,12-13,16-17,24-25,27-29,36H,10-11,14-15,18-22H2,1-3H3,(H,33,38)(H,34,37);4-6,11-12,17-18,20-22H,7-10,13-16H2,1-3H3,(H,26,30)(H,27,29);4-6,11-12,17-18,20-22,28H,7-10,13-16,25H2,1-3H3,(H,26,29)/t24-,25+,27-,28-,29+;2*17-,18+,20-,21-,22+/m000/s1. The van der Waals surface area contributed by atoms with Gasteiger partial charge in [-0.25, -0.2) is 9.59 Å². The summed E-state index contributed by atoms with van der Waals surface area (Å²) in [5.74, 6) is 5.73. The fourth-order valence-corrected chi connectivity index (χ4v) is 19.1. The van der Waals surface area contributed by atoms with Gasteiger partial charge in [-0.2, -0.15) is 0 Å². The molecule has 9 N–H and O–H groups in total. The van der Waals surface area contributed by atoms with Gasteiger partial charge in [0, 0.05) is 93.9 Å². The number of hydrogen-bond acceptors (Lipinski definition) is 16. The number of likely N-dealkylation sites (tertiary alicyclic amines) is 3. The van der Waals surface area contributed by atoms with Crippen LogP contribution in [0.15, 0.2) is 136 Å². The maximum Gasteiger partial charge on any atom is 0.407 e. The number of alkyl carbamates (subject to hydrolysis) is 2. The normalized spacial score (nSPS) is 26.7. The first-order chi connectivity index (χ1) is 48.7. The molecule has 4 aromatic rings. The summed E-state index contributed by atoms with van der Waals surface area (Å²) in [5, 5.41) is 37.9. The first-order valence-corrected chi connectivity index (χ1v) is 40.9. The number of piperidine rings is 3. The number of carbonyl (C=O) groups is 5. The van der Waals surface area contributed by atoms with Crippen molar-refractivity contribution in [2.24, 2.45) is 41.2 Å². The van der Waals surface area contributed by atoms with E-state index in [4.69, 9.17) is 15.2 Å². The summed E-state index contributed by atoms with van der Waals surface area (Å²) in [6, 6.07) is 38.3. The number of ether oxygens (including phenoxy) is 2. The number of amides is 5. The Hall–Kier alpha value is -5.36. The van der Waals surface area contributed by atoms with Crippen LogP contribution in [0.5, 0.6) is 0 Å². The largest absolute Gasteiger partial charge is 0.445 e. The van der Waals surface area contributed by atoms with Crippen LogP contribution in [0.3, 0.4) is 0 Å². The molecular weight excluding hydrogens is 1340 g/mol. The maximum atomic E-state index is 13.4. The molecule has 7 aliphatic rings. The van der Waals surface area contributed by atoms with Gasteiger partial charge in [0.15, 0.2) is 0 Å². The molecule has 0 unspecified atom stereocenters. The smallest absolute Gasteiger partial charge is 0.407 e. The zero-order valence-electron chi connectivity index (χ0n) is 62.3. The van der Waals surface area contributed by atoms with Crippen LogP contribution in [0.2, 0.25) is 0 Å². The van der Waals surface area contributed by atoms with Crippen LogP contribution in [0.1, 0.15) is 164 Å². The molecule has 15 atom stereocenters. The SMILES string of the molecule is CC(C)(C)NC(=O)[C@@H]1C[C@@H]2CCCC[C@@H]2CN1C[C@@H](O)[C@@H](N)CSc1ccccc1.CC(C)(C)NC(=O)[C@@H]1C[C@@H]2CCCC[C@@H]2CN1C[C@@H](O)[C@H](CSc1ccccc1)NC(=O)OCc1ccccc1.CC(C)(C)NC(=O)[C@@H]1C[C@@H]2CCCC[C@@H]2CN1C[C@H]1OC(=O)N[C@H]1CSc1ccccc1. The Labute approximate surface area is 622 Å². The van der Waals surface area contributed by atoms with Crippen LogP contribution in [0.4, 0.5) is 9.59 Å². The summed E-state index contributed by atoms with van der Waals surface area (Å²) in [7, 11) is 0. The molecule has 3 saturated carbocycles. The van der Waals surface area contributed by atoms with Gasteiger partial charge >= 0.3 is 12.2 Å². The van der Waals surface area contributed by atoms with Crippen LogP contribution in [-0.2, 0) is 30.5 Å². The van der Waals surface area contributed by atoms with Gasteiger partial charge in [0.25, 0.3) is 0 Å². The fraction of sp³-hybridized carbons (Fsp3) is 0.642. The molecule has 3 aliphatic carbocycles. The molecule has 21 heteroatoms. The van der Waals surface area contributed by atoms with E-state index in [0.29, 0.717) is 66.6 Å². The van der Waals surface area contributed by atoms with Crippen molar-refractivity contribution in [2.75, 3.05) is 56.5 Å². The van der Waals surface area contributed by atoms with Crippen molar-refractivity contribution in [3.05, 3.63) is 127 Å². The van der Waals surface area contributed by atoms with E-state index in [2.05, 4.69) is 65.5 Å². The Morgan fingerprint density at radius 2 is 0.902 bits per heavy atom. The van der Waals surface area contributed by atoms with Gasteiger partial charge in [-0.05, 0) is 178 Å². The van der Waals surface area contributed by atoms with Gasteiger partial charge in [0.2, 0.25) is 17.7 Å². The Morgan fingerprint density at radius 1 is 0.529 bits per heavy atom. The summed E-state index contributed by atoms with van der Waals surface area (Å²) in [6.45, 7) is 22.3. The number of aliphatic hydroxyl groups excluding tert-OH is 2. The van der Waals surface area contributed by atoms with Crippen LogP contribution in [0.25, 0.3) is 0 Å². The summed E-state index contributed by atoms with van der Waals surface area (Å²) in [5.41, 5.74) is 6.39. The van der Waals surface area contributed by atoms with Gasteiger partial charge in [-0.15, -0.1) is 35.3 Å². The van der Waals surface area contributed by atoms with Crippen molar-refractivity contribution in [3.8, 4) is 0 Å². The third-order valence-electron chi connectivity index (χ3n) is 21.2. The van der Waals surface area contributed by atoms with Crippen molar-refractivity contribution in [2.45, 2.75) is 251 Å². The van der Waals surface area contributed by atoms with E-state index in [-0.39, 0.29) is 83.4 Å². The lowest BCUT2D eigenvalue weighted by Crippen LogP contribution is -2.60. The van der Waals surface area contributed by atoms with Crippen LogP contribution < -0.4 is 32.3 Å². The lowest BCUT2D eigenvalue weighted by Gasteiger charge is -2.47. The number of thioether (sulfide) groups is 3. The van der Waals surface area contributed by atoms with E-state index in [1.165, 1.54) is 81.9 Å². The van der Waals surface area contributed by atoms with Gasteiger partial charge < -0.3 is 52.0 Å². The summed E-state index contributed by atoms with van der Waals surface area (Å²) < 4.78 is 11.2. The molecule has 11 rings (SSSR count). The zero-order chi connectivity index (χ0) is 73.0. The van der Waals surface area contributed by atoms with E-state index in [1.807, 2.05) is 159 Å². The van der Waals surface area contributed by atoms with Crippen molar-refractivity contribution in [3.63, 3.8) is 0 Å². The molecule has 562 valence electrons. The molecule has 4 aromatic carbocycles. The lowest BCUT2D eigenvalue weighted by molar-refractivity contribution is -0.133. The summed E-state index contributed by atoms with van der Waals surface area (Å²) in [6.07, 6.45) is 14.8. The predicted octanol–water partition coefficient (Wildman–Crippen LogP) is 12.5.